The number of aromatic amines is 1. The minimum absolute atomic E-state index is 0.000497. The number of carbonyl (C=O) groups excluding carboxylic acids is 1. The summed E-state index contributed by atoms with van der Waals surface area (Å²) in [5.41, 5.74) is 6.31. The third kappa shape index (κ3) is 3.69. The highest BCUT2D eigenvalue weighted by molar-refractivity contribution is 5.97. The number of rotatable bonds is 5. The lowest BCUT2D eigenvalue weighted by Gasteiger charge is -2.39. The van der Waals surface area contributed by atoms with Crippen LogP contribution in [0.15, 0.2) is 16.9 Å². The van der Waals surface area contributed by atoms with Crippen molar-refractivity contribution in [2.75, 3.05) is 38.2 Å². The summed E-state index contributed by atoms with van der Waals surface area (Å²) in [6, 6.07) is 5.17. The first-order valence-electron chi connectivity index (χ1n) is 9.18. The van der Waals surface area contributed by atoms with Crippen LogP contribution in [0, 0.1) is 11.3 Å². The van der Waals surface area contributed by atoms with Crippen molar-refractivity contribution < 1.29 is 9.53 Å². The summed E-state index contributed by atoms with van der Waals surface area (Å²) in [5, 5.41) is 12.3. The molecule has 1 aliphatic rings. The second kappa shape index (κ2) is 7.96. The molecule has 1 fully saturated rings. The largest absolute Gasteiger partial charge is 0.378 e. The van der Waals surface area contributed by atoms with Crippen LogP contribution in [0.25, 0.3) is 11.0 Å². The van der Waals surface area contributed by atoms with Gasteiger partial charge in [0.2, 0.25) is 0 Å². The third-order valence-corrected chi connectivity index (χ3v) is 5.24. The number of H-pyrrole nitrogens is 1. The Hall–Kier alpha value is -2.96. The maximum Gasteiger partial charge on any atom is 0.269 e. The molecule has 148 valence electrons. The summed E-state index contributed by atoms with van der Waals surface area (Å²) in [6.45, 7) is 3.93. The zero-order valence-electron chi connectivity index (χ0n) is 16.0. The summed E-state index contributed by atoms with van der Waals surface area (Å²) in [5.74, 6) is -0.353. The average Bonchev–Trinajstić information content (AvgIpc) is 2.71. The van der Waals surface area contributed by atoms with Gasteiger partial charge in [0, 0.05) is 33.3 Å². The molecule has 0 aromatic carbocycles. The number of methoxy groups -OCH3 is 1. The highest BCUT2D eigenvalue weighted by Gasteiger charge is 2.32. The monoisotopic (exact) mass is 384 g/mol. The molecular formula is C19H24N6O3. The van der Waals surface area contributed by atoms with Gasteiger partial charge in [0.25, 0.3) is 11.5 Å². The summed E-state index contributed by atoms with van der Waals surface area (Å²) < 4.78 is 5.58. The number of nitrogens with two attached hydrogens (primary N) is 1. The lowest BCUT2D eigenvalue weighted by atomic mass is 9.92. The van der Waals surface area contributed by atoms with E-state index < -0.39 is 5.56 Å². The number of aromatic nitrogens is 2. The quantitative estimate of drug-likeness (QED) is 0.682. The Bertz CT molecular complexity index is 986. The van der Waals surface area contributed by atoms with Gasteiger partial charge >= 0.3 is 0 Å². The highest BCUT2D eigenvalue weighted by atomic mass is 16.5. The summed E-state index contributed by atoms with van der Waals surface area (Å²) in [6.07, 6.45) is 1.50. The number of nitriles is 1. The van der Waals surface area contributed by atoms with Crippen LogP contribution in [-0.2, 0) is 4.74 Å². The molecule has 9 heteroatoms. The van der Waals surface area contributed by atoms with Gasteiger partial charge in [-0.2, -0.15) is 5.26 Å². The standard InChI is InChI=1S/C19H24N6O3/c1-19(28-2)5-9-25(10-6-19)16-12(11-21)17(26)24-13-3-4-14(23-15(13)16)18(27)22-8-7-20/h3-4H,5-10,20H2,1-2H3,(H,22,27)(H,24,26). The molecule has 1 saturated heterocycles. The Balaban J connectivity index is 2.09. The number of ether oxygens (including phenoxy) is 1. The van der Waals surface area contributed by atoms with Gasteiger partial charge in [-0.15, -0.1) is 0 Å². The number of nitrogens with one attached hydrogen (secondary N) is 2. The average molecular weight is 384 g/mol. The zero-order valence-corrected chi connectivity index (χ0v) is 16.0. The summed E-state index contributed by atoms with van der Waals surface area (Å²) in [7, 11) is 1.69. The molecule has 1 amide bonds. The topological polar surface area (TPSA) is 137 Å². The van der Waals surface area contributed by atoms with E-state index in [1.165, 1.54) is 6.07 Å². The van der Waals surface area contributed by atoms with Gasteiger partial charge < -0.3 is 25.7 Å². The smallest absolute Gasteiger partial charge is 0.269 e. The van der Waals surface area contributed by atoms with E-state index in [4.69, 9.17) is 10.5 Å². The molecule has 0 unspecified atom stereocenters. The minimum Gasteiger partial charge on any atom is -0.378 e. The maximum absolute atomic E-state index is 12.4. The summed E-state index contributed by atoms with van der Waals surface area (Å²) >= 11 is 0. The number of piperidine rings is 1. The van der Waals surface area contributed by atoms with Crippen LogP contribution in [-0.4, -0.2) is 54.8 Å². The van der Waals surface area contributed by atoms with Gasteiger partial charge in [-0.05, 0) is 31.9 Å². The number of nitrogens with zero attached hydrogens (tertiary/aromatic N) is 3. The molecular weight excluding hydrogens is 360 g/mol. The fourth-order valence-electron chi connectivity index (χ4n) is 3.37. The van der Waals surface area contributed by atoms with E-state index in [1.807, 2.05) is 17.9 Å². The molecule has 9 nitrogen and oxygen atoms in total. The Morgan fingerprint density at radius 2 is 2.18 bits per heavy atom. The number of hydrogen-bond acceptors (Lipinski definition) is 7. The second-order valence-electron chi connectivity index (χ2n) is 7.07. The third-order valence-electron chi connectivity index (χ3n) is 5.24. The molecule has 3 rings (SSSR count). The van der Waals surface area contributed by atoms with Crippen LogP contribution >= 0.6 is 0 Å². The van der Waals surface area contributed by atoms with Gasteiger partial charge in [-0.1, -0.05) is 0 Å². The Morgan fingerprint density at radius 1 is 1.46 bits per heavy atom. The first-order chi connectivity index (χ1) is 13.4. The molecule has 4 N–H and O–H groups in total. The van der Waals surface area contributed by atoms with Crippen molar-refractivity contribution in [3.8, 4) is 6.07 Å². The molecule has 0 radical (unpaired) electrons. The number of amides is 1. The molecule has 0 atom stereocenters. The second-order valence-corrected chi connectivity index (χ2v) is 7.07. The van der Waals surface area contributed by atoms with E-state index in [0.717, 1.165) is 12.8 Å². The first kappa shape index (κ1) is 19.8. The van der Waals surface area contributed by atoms with E-state index in [1.54, 1.807) is 13.2 Å². The van der Waals surface area contributed by atoms with E-state index in [2.05, 4.69) is 15.3 Å². The molecule has 2 aromatic heterocycles. The maximum atomic E-state index is 12.4. The predicted octanol–water partition coefficient (Wildman–Crippen LogP) is 0.489. The Morgan fingerprint density at radius 3 is 2.79 bits per heavy atom. The lowest BCUT2D eigenvalue weighted by molar-refractivity contribution is -0.0132. The van der Waals surface area contributed by atoms with Crippen LogP contribution in [0.3, 0.4) is 0 Å². The van der Waals surface area contributed by atoms with Gasteiger partial charge in [-0.25, -0.2) is 4.98 Å². The lowest BCUT2D eigenvalue weighted by Crippen LogP contribution is -2.44. The summed E-state index contributed by atoms with van der Waals surface area (Å²) in [4.78, 5) is 33.8. The molecule has 1 aliphatic heterocycles. The van der Waals surface area contributed by atoms with E-state index in [-0.39, 0.29) is 22.8 Å². The number of pyridine rings is 2. The van der Waals surface area contributed by atoms with Gasteiger partial charge in [0.1, 0.15) is 22.8 Å². The Labute approximate surface area is 162 Å². The predicted molar refractivity (Wildman–Crippen MR) is 105 cm³/mol. The van der Waals surface area contributed by atoms with Crippen molar-refractivity contribution in [3.63, 3.8) is 0 Å². The van der Waals surface area contributed by atoms with E-state index >= 15 is 0 Å². The highest BCUT2D eigenvalue weighted by Crippen LogP contribution is 2.32. The van der Waals surface area contributed by atoms with Gasteiger partial charge in [-0.3, -0.25) is 9.59 Å². The Kier molecular flexibility index (Phi) is 5.63. The van der Waals surface area contributed by atoms with Crippen LogP contribution in [0.2, 0.25) is 0 Å². The molecule has 0 bridgehead atoms. The SMILES string of the molecule is COC1(C)CCN(c2c(C#N)c(=O)[nH]c3ccc(C(=O)NCCN)nc23)CC1. The van der Waals surface area contributed by atoms with Crippen LogP contribution in [0.1, 0.15) is 35.8 Å². The van der Waals surface area contributed by atoms with Crippen molar-refractivity contribution >= 4 is 22.6 Å². The minimum atomic E-state index is -0.466. The van der Waals surface area contributed by atoms with Gasteiger partial charge in [0.15, 0.2) is 0 Å². The first-order valence-corrected chi connectivity index (χ1v) is 9.18. The van der Waals surface area contributed by atoms with Gasteiger partial charge in [0.05, 0.1) is 16.8 Å². The fraction of sp³-hybridized carbons (Fsp3) is 0.474. The van der Waals surface area contributed by atoms with Crippen molar-refractivity contribution in [3.05, 3.63) is 33.7 Å². The molecule has 28 heavy (non-hydrogen) atoms. The van der Waals surface area contributed by atoms with Crippen LogP contribution < -0.4 is 21.5 Å². The zero-order chi connectivity index (χ0) is 20.3. The molecule has 3 heterocycles. The normalized spacial score (nSPS) is 16.0. The van der Waals surface area contributed by atoms with Crippen molar-refractivity contribution in [1.82, 2.24) is 15.3 Å². The molecule has 0 spiro atoms. The number of fused-ring (bicyclic) bond motifs is 1. The number of anilines is 1. The van der Waals surface area contributed by atoms with E-state index in [9.17, 15) is 14.9 Å². The van der Waals surface area contributed by atoms with E-state index in [0.29, 0.717) is 42.9 Å². The number of carbonyl (C=O) groups is 1. The van der Waals surface area contributed by atoms with Crippen molar-refractivity contribution in [1.29, 1.82) is 5.26 Å². The fourth-order valence-corrected chi connectivity index (χ4v) is 3.37. The number of hydrogen-bond donors (Lipinski definition) is 3. The molecule has 0 aliphatic carbocycles. The molecule has 2 aromatic rings. The van der Waals surface area contributed by atoms with Crippen LogP contribution in [0.5, 0.6) is 0 Å². The van der Waals surface area contributed by atoms with Crippen molar-refractivity contribution in [2.24, 2.45) is 5.73 Å². The molecule has 0 saturated carbocycles. The van der Waals surface area contributed by atoms with Crippen LogP contribution in [0.4, 0.5) is 5.69 Å². The van der Waals surface area contributed by atoms with Crippen molar-refractivity contribution in [2.45, 2.75) is 25.4 Å².